The van der Waals surface area contributed by atoms with E-state index in [9.17, 15) is 4.79 Å². The van der Waals surface area contributed by atoms with Gasteiger partial charge in [0, 0.05) is 24.5 Å². The van der Waals surface area contributed by atoms with Crippen molar-refractivity contribution < 1.29 is 4.79 Å². The molecule has 1 aromatic heterocycles. The molecule has 1 aliphatic rings. The highest BCUT2D eigenvalue weighted by Gasteiger charge is 2.33. The van der Waals surface area contributed by atoms with Crippen LogP contribution in [0.2, 0.25) is 0 Å². The van der Waals surface area contributed by atoms with Crippen molar-refractivity contribution in [2.75, 3.05) is 13.6 Å². The van der Waals surface area contributed by atoms with Crippen LogP contribution in [0, 0.1) is 5.92 Å². The predicted octanol–water partition coefficient (Wildman–Crippen LogP) is 4.01. The summed E-state index contributed by atoms with van der Waals surface area (Å²) in [5.41, 5.74) is 1.28. The van der Waals surface area contributed by atoms with Gasteiger partial charge in [-0.3, -0.25) is 9.69 Å². The number of carbonyl (C=O) groups excluding carboxylic acids is 1. The summed E-state index contributed by atoms with van der Waals surface area (Å²) < 4.78 is 0. The Labute approximate surface area is 148 Å². The van der Waals surface area contributed by atoms with E-state index in [4.69, 9.17) is 0 Å². The number of nitrogens with zero attached hydrogens (tertiary/aromatic N) is 2. The lowest BCUT2D eigenvalue weighted by Crippen LogP contribution is -2.42. The molecule has 1 saturated carbocycles. The Morgan fingerprint density at radius 2 is 1.92 bits per heavy atom. The van der Waals surface area contributed by atoms with Crippen LogP contribution in [-0.2, 0) is 17.9 Å². The second-order valence-electron chi connectivity index (χ2n) is 6.80. The average Bonchev–Trinajstić information content (AvgIpc) is 3.32. The lowest BCUT2D eigenvalue weighted by Gasteiger charge is -2.30. The highest BCUT2D eigenvalue weighted by molar-refractivity contribution is 7.09. The van der Waals surface area contributed by atoms with Crippen LogP contribution in [0.4, 0.5) is 0 Å². The molecule has 0 radical (unpaired) electrons. The zero-order chi connectivity index (χ0) is 16.9. The van der Waals surface area contributed by atoms with Crippen molar-refractivity contribution in [2.24, 2.45) is 5.92 Å². The van der Waals surface area contributed by atoms with E-state index < -0.39 is 0 Å². The van der Waals surface area contributed by atoms with E-state index in [1.807, 2.05) is 24.1 Å². The molecule has 1 heterocycles. The van der Waals surface area contributed by atoms with Gasteiger partial charge in [-0.25, -0.2) is 0 Å². The predicted molar refractivity (Wildman–Crippen MR) is 99.8 cm³/mol. The molecule has 1 atom stereocenters. The molecule has 4 heteroatoms. The maximum atomic E-state index is 12.7. The van der Waals surface area contributed by atoms with Crippen molar-refractivity contribution in [3.8, 4) is 0 Å². The molecule has 1 unspecified atom stereocenters. The van der Waals surface area contributed by atoms with Crippen molar-refractivity contribution in [1.82, 2.24) is 9.80 Å². The summed E-state index contributed by atoms with van der Waals surface area (Å²) in [5.74, 6) is 0.955. The van der Waals surface area contributed by atoms with Gasteiger partial charge in [-0.05, 0) is 42.7 Å². The Balaban J connectivity index is 1.63. The maximum absolute atomic E-state index is 12.7. The van der Waals surface area contributed by atoms with Gasteiger partial charge in [0.05, 0.1) is 13.1 Å². The zero-order valence-corrected chi connectivity index (χ0v) is 15.3. The van der Waals surface area contributed by atoms with Gasteiger partial charge in [-0.2, -0.15) is 0 Å². The topological polar surface area (TPSA) is 23.6 Å². The molecule has 3 nitrogen and oxygen atoms in total. The van der Waals surface area contributed by atoms with Crippen LogP contribution in [0.15, 0.2) is 47.8 Å². The first kappa shape index (κ1) is 17.2. The van der Waals surface area contributed by atoms with Gasteiger partial charge in [-0.15, -0.1) is 11.3 Å². The average molecular weight is 343 g/mol. The second-order valence-corrected chi connectivity index (χ2v) is 7.83. The largest absolute Gasteiger partial charge is 0.340 e. The fourth-order valence-electron chi connectivity index (χ4n) is 3.06. The molecule has 1 amide bonds. The third-order valence-corrected chi connectivity index (χ3v) is 5.71. The minimum absolute atomic E-state index is 0.201. The molecule has 0 spiro atoms. The summed E-state index contributed by atoms with van der Waals surface area (Å²) in [7, 11) is 1.91. The molecule has 0 saturated heterocycles. The van der Waals surface area contributed by atoms with E-state index in [1.54, 1.807) is 11.3 Å². The van der Waals surface area contributed by atoms with Crippen LogP contribution in [-0.4, -0.2) is 35.3 Å². The van der Waals surface area contributed by atoms with Gasteiger partial charge in [0.25, 0.3) is 0 Å². The van der Waals surface area contributed by atoms with Crippen LogP contribution in [0.3, 0.4) is 0 Å². The summed E-state index contributed by atoms with van der Waals surface area (Å²) in [5, 5.41) is 2.06. The molecule has 0 bridgehead atoms. The monoisotopic (exact) mass is 342 g/mol. The summed E-state index contributed by atoms with van der Waals surface area (Å²) in [6.45, 7) is 4.31. The molecular weight excluding hydrogens is 316 g/mol. The highest BCUT2D eigenvalue weighted by Crippen LogP contribution is 2.35. The van der Waals surface area contributed by atoms with E-state index in [-0.39, 0.29) is 5.91 Å². The number of hydrogen-bond acceptors (Lipinski definition) is 3. The minimum atomic E-state index is 0.201. The number of amides is 1. The molecule has 1 aliphatic carbocycles. The first-order valence-electron chi connectivity index (χ1n) is 8.68. The smallest absolute Gasteiger partial charge is 0.236 e. The quantitative estimate of drug-likeness (QED) is 0.724. The SMILES string of the molecule is CC(C1CC1)N(CC(=O)N(C)Cc1cccs1)Cc1ccccc1. The normalized spacial score (nSPS) is 15.5. The molecule has 0 aliphatic heterocycles. The van der Waals surface area contributed by atoms with E-state index in [0.717, 1.165) is 12.5 Å². The Kier molecular flexibility index (Phi) is 5.69. The van der Waals surface area contributed by atoms with Crippen molar-refractivity contribution in [2.45, 2.75) is 38.9 Å². The fourth-order valence-corrected chi connectivity index (χ4v) is 3.81. The fraction of sp³-hybridized carbons (Fsp3) is 0.450. The number of benzene rings is 1. The molecule has 128 valence electrons. The van der Waals surface area contributed by atoms with Gasteiger partial charge >= 0.3 is 0 Å². The number of likely N-dealkylation sites (N-methyl/N-ethyl adjacent to an activating group) is 1. The molecule has 1 fully saturated rings. The number of carbonyl (C=O) groups is 1. The van der Waals surface area contributed by atoms with Crippen LogP contribution >= 0.6 is 11.3 Å². The Bertz CT molecular complexity index is 637. The Morgan fingerprint density at radius 1 is 1.17 bits per heavy atom. The lowest BCUT2D eigenvalue weighted by molar-refractivity contribution is -0.132. The first-order valence-corrected chi connectivity index (χ1v) is 9.56. The summed E-state index contributed by atoms with van der Waals surface area (Å²) in [6, 6.07) is 15.1. The van der Waals surface area contributed by atoms with E-state index >= 15 is 0 Å². The summed E-state index contributed by atoms with van der Waals surface area (Å²) >= 11 is 1.70. The van der Waals surface area contributed by atoms with Crippen LogP contribution < -0.4 is 0 Å². The van der Waals surface area contributed by atoms with E-state index in [2.05, 4.69) is 47.5 Å². The van der Waals surface area contributed by atoms with Crippen molar-refractivity contribution in [1.29, 1.82) is 0 Å². The number of rotatable bonds is 8. The second kappa shape index (κ2) is 7.95. The van der Waals surface area contributed by atoms with Gasteiger partial charge in [0.1, 0.15) is 0 Å². The van der Waals surface area contributed by atoms with Crippen LogP contribution in [0.1, 0.15) is 30.2 Å². The number of thiophene rings is 1. The maximum Gasteiger partial charge on any atom is 0.236 e. The van der Waals surface area contributed by atoms with Crippen molar-refractivity contribution in [3.63, 3.8) is 0 Å². The third-order valence-electron chi connectivity index (χ3n) is 4.85. The molecular formula is C20H26N2OS. The summed E-state index contributed by atoms with van der Waals surface area (Å²) in [6.07, 6.45) is 2.59. The van der Waals surface area contributed by atoms with Crippen molar-refractivity contribution >= 4 is 17.2 Å². The molecule has 1 aromatic carbocycles. The number of hydrogen-bond donors (Lipinski definition) is 0. The minimum Gasteiger partial charge on any atom is -0.340 e. The van der Waals surface area contributed by atoms with E-state index in [0.29, 0.717) is 19.1 Å². The standard InChI is InChI=1S/C20H26N2OS/c1-16(18-10-11-18)22(13-17-7-4-3-5-8-17)15-20(23)21(2)14-19-9-6-12-24-19/h3-9,12,16,18H,10-11,13-15H2,1-2H3. The van der Waals surface area contributed by atoms with Gasteiger partial charge < -0.3 is 4.90 Å². The molecule has 3 rings (SSSR count). The molecule has 0 N–H and O–H groups in total. The lowest BCUT2D eigenvalue weighted by atomic mass is 10.1. The summed E-state index contributed by atoms with van der Waals surface area (Å²) in [4.78, 5) is 18.1. The van der Waals surface area contributed by atoms with E-state index in [1.165, 1.54) is 23.3 Å². The first-order chi connectivity index (χ1) is 11.6. The van der Waals surface area contributed by atoms with Crippen molar-refractivity contribution in [3.05, 3.63) is 58.3 Å². The Hall–Kier alpha value is -1.65. The van der Waals surface area contributed by atoms with Crippen LogP contribution in [0.25, 0.3) is 0 Å². The zero-order valence-electron chi connectivity index (χ0n) is 14.5. The van der Waals surface area contributed by atoms with Gasteiger partial charge in [0.15, 0.2) is 0 Å². The molecule has 24 heavy (non-hydrogen) atoms. The highest BCUT2D eigenvalue weighted by atomic mass is 32.1. The van der Waals surface area contributed by atoms with Gasteiger partial charge in [-0.1, -0.05) is 36.4 Å². The van der Waals surface area contributed by atoms with Gasteiger partial charge in [0.2, 0.25) is 5.91 Å². The molecule has 2 aromatic rings. The van der Waals surface area contributed by atoms with Crippen LogP contribution in [0.5, 0.6) is 0 Å². The Morgan fingerprint density at radius 3 is 2.54 bits per heavy atom. The third kappa shape index (κ3) is 4.68.